The maximum Gasteiger partial charge on any atom is 0.227 e. The summed E-state index contributed by atoms with van der Waals surface area (Å²) in [6.45, 7) is 6.27. The molecule has 1 aromatic heterocycles. The first-order chi connectivity index (χ1) is 10.7. The third kappa shape index (κ3) is 4.09. The Kier molecular flexibility index (Phi) is 5.13. The summed E-state index contributed by atoms with van der Waals surface area (Å²) in [5, 5.41) is 3.66. The van der Waals surface area contributed by atoms with Crippen molar-refractivity contribution in [3.63, 3.8) is 0 Å². The smallest absolute Gasteiger partial charge is 0.227 e. The molecule has 2 fully saturated rings. The van der Waals surface area contributed by atoms with Crippen LogP contribution in [0.5, 0.6) is 0 Å². The van der Waals surface area contributed by atoms with Crippen LogP contribution >= 0.6 is 0 Å². The molecule has 0 aromatic carbocycles. The molecule has 1 saturated heterocycles. The number of hydrogen-bond donors (Lipinski definition) is 1. The molecule has 0 bridgehead atoms. The van der Waals surface area contributed by atoms with Crippen molar-refractivity contribution >= 4 is 11.8 Å². The lowest BCUT2D eigenvalue weighted by Crippen LogP contribution is -2.45. The normalized spacial score (nSPS) is 21.6. The molecule has 2 heterocycles. The summed E-state index contributed by atoms with van der Waals surface area (Å²) in [5.74, 6) is 1.90. The highest BCUT2D eigenvalue weighted by molar-refractivity contribution is 5.44. The van der Waals surface area contributed by atoms with Crippen molar-refractivity contribution in [2.45, 2.75) is 51.5 Å². The van der Waals surface area contributed by atoms with Crippen LogP contribution in [-0.2, 0) is 0 Å². The zero-order chi connectivity index (χ0) is 15.4. The van der Waals surface area contributed by atoms with Crippen LogP contribution in [0.2, 0.25) is 0 Å². The van der Waals surface area contributed by atoms with E-state index in [1.165, 1.54) is 38.5 Å². The Morgan fingerprint density at radius 2 is 1.68 bits per heavy atom. The number of anilines is 2. The molecule has 1 aliphatic heterocycles. The van der Waals surface area contributed by atoms with E-state index in [-0.39, 0.29) is 0 Å². The second kappa shape index (κ2) is 7.27. The molecule has 2 aliphatic rings. The molecule has 1 N–H and O–H groups in total. The number of likely N-dealkylation sites (N-methyl/N-ethyl adjacent to an activating group) is 1. The number of rotatable bonds is 3. The molecule has 5 nitrogen and oxygen atoms in total. The van der Waals surface area contributed by atoms with Gasteiger partial charge in [0.2, 0.25) is 5.95 Å². The molecule has 1 aromatic rings. The first kappa shape index (κ1) is 15.5. The second-order valence-corrected chi connectivity index (χ2v) is 6.82. The molecule has 0 atom stereocenters. The summed E-state index contributed by atoms with van der Waals surface area (Å²) in [4.78, 5) is 14.1. The van der Waals surface area contributed by atoms with Gasteiger partial charge in [-0.1, -0.05) is 25.7 Å². The fraction of sp³-hybridized carbons (Fsp3) is 0.765. The first-order valence-electron chi connectivity index (χ1n) is 8.76. The monoisotopic (exact) mass is 303 g/mol. The largest absolute Gasteiger partial charge is 0.367 e. The van der Waals surface area contributed by atoms with Crippen molar-refractivity contribution in [1.29, 1.82) is 0 Å². The van der Waals surface area contributed by atoms with Gasteiger partial charge >= 0.3 is 0 Å². The summed E-state index contributed by atoms with van der Waals surface area (Å²) in [6.07, 6.45) is 7.99. The van der Waals surface area contributed by atoms with E-state index in [1.54, 1.807) is 0 Å². The van der Waals surface area contributed by atoms with Crippen molar-refractivity contribution in [1.82, 2.24) is 14.9 Å². The molecule has 3 rings (SSSR count). The summed E-state index contributed by atoms with van der Waals surface area (Å²) < 4.78 is 0. The molecule has 0 radical (unpaired) electrons. The number of hydrogen-bond acceptors (Lipinski definition) is 5. The topological polar surface area (TPSA) is 44.3 Å². The summed E-state index contributed by atoms with van der Waals surface area (Å²) >= 11 is 0. The Balaban J connectivity index is 1.69. The van der Waals surface area contributed by atoms with Gasteiger partial charge in [0.15, 0.2) is 0 Å². The number of nitrogens with one attached hydrogen (secondary N) is 1. The summed E-state index contributed by atoms with van der Waals surface area (Å²) in [5.41, 5.74) is 1.06. The number of aromatic nitrogens is 2. The van der Waals surface area contributed by atoms with Gasteiger partial charge in [-0.2, -0.15) is 4.98 Å². The van der Waals surface area contributed by atoms with Crippen molar-refractivity contribution in [3.05, 3.63) is 11.8 Å². The highest BCUT2D eigenvalue weighted by Gasteiger charge is 2.18. The van der Waals surface area contributed by atoms with Gasteiger partial charge < -0.3 is 15.1 Å². The zero-order valence-corrected chi connectivity index (χ0v) is 14.0. The molecule has 5 heteroatoms. The van der Waals surface area contributed by atoms with Crippen LogP contribution < -0.4 is 10.2 Å². The fourth-order valence-corrected chi connectivity index (χ4v) is 3.41. The molecular formula is C17H29N5. The van der Waals surface area contributed by atoms with Crippen molar-refractivity contribution in [2.24, 2.45) is 0 Å². The van der Waals surface area contributed by atoms with E-state index in [9.17, 15) is 0 Å². The lowest BCUT2D eigenvalue weighted by atomic mass is 10.1. The van der Waals surface area contributed by atoms with Crippen molar-refractivity contribution < 1.29 is 0 Å². The average Bonchev–Trinajstić information content (AvgIpc) is 2.76. The van der Waals surface area contributed by atoms with Crippen LogP contribution in [0.15, 0.2) is 6.07 Å². The van der Waals surface area contributed by atoms with Gasteiger partial charge in [0.25, 0.3) is 0 Å². The molecule has 22 heavy (non-hydrogen) atoms. The number of nitrogens with zero attached hydrogens (tertiary/aromatic N) is 4. The quantitative estimate of drug-likeness (QED) is 0.870. The minimum atomic E-state index is 0.581. The van der Waals surface area contributed by atoms with Crippen molar-refractivity contribution in [3.8, 4) is 0 Å². The molecular weight excluding hydrogens is 274 g/mol. The van der Waals surface area contributed by atoms with E-state index in [0.717, 1.165) is 43.6 Å². The molecule has 0 spiro atoms. The minimum Gasteiger partial charge on any atom is -0.367 e. The minimum absolute atomic E-state index is 0.581. The molecule has 0 amide bonds. The first-order valence-corrected chi connectivity index (χ1v) is 8.76. The summed E-state index contributed by atoms with van der Waals surface area (Å²) in [6, 6.07) is 2.67. The number of aryl methyl sites for hydroxylation is 1. The standard InChI is InChI=1S/C17H29N5/c1-14-13-16(19-15-7-5-3-4-6-8-15)20-17(18-14)22-11-9-21(2)10-12-22/h13,15H,3-12H2,1-2H3,(H,18,19,20). The van der Waals surface area contributed by atoms with Crippen LogP contribution in [0.1, 0.15) is 44.2 Å². The van der Waals surface area contributed by atoms with Crippen LogP contribution in [0.4, 0.5) is 11.8 Å². The van der Waals surface area contributed by atoms with Crippen LogP contribution in [-0.4, -0.2) is 54.1 Å². The Hall–Kier alpha value is -1.36. The van der Waals surface area contributed by atoms with Gasteiger partial charge in [0.1, 0.15) is 5.82 Å². The van der Waals surface area contributed by atoms with E-state index < -0.39 is 0 Å². The maximum atomic E-state index is 4.79. The van der Waals surface area contributed by atoms with E-state index in [1.807, 2.05) is 0 Å². The fourth-order valence-electron chi connectivity index (χ4n) is 3.41. The van der Waals surface area contributed by atoms with Crippen LogP contribution in [0.3, 0.4) is 0 Å². The molecule has 0 unspecified atom stereocenters. The Bertz CT molecular complexity index is 474. The highest BCUT2D eigenvalue weighted by atomic mass is 15.3. The lowest BCUT2D eigenvalue weighted by molar-refractivity contribution is 0.311. The van der Waals surface area contributed by atoms with E-state index in [4.69, 9.17) is 4.98 Å². The van der Waals surface area contributed by atoms with Gasteiger partial charge in [-0.25, -0.2) is 4.98 Å². The maximum absolute atomic E-state index is 4.79. The average molecular weight is 303 g/mol. The lowest BCUT2D eigenvalue weighted by Gasteiger charge is -2.32. The van der Waals surface area contributed by atoms with E-state index in [2.05, 4.69) is 40.1 Å². The van der Waals surface area contributed by atoms with Gasteiger partial charge in [-0.3, -0.25) is 0 Å². The summed E-state index contributed by atoms with van der Waals surface area (Å²) in [7, 11) is 2.17. The Labute approximate surface area is 134 Å². The SMILES string of the molecule is Cc1cc(NC2CCCCCC2)nc(N2CCN(C)CC2)n1. The van der Waals surface area contributed by atoms with E-state index in [0.29, 0.717) is 6.04 Å². The van der Waals surface area contributed by atoms with Crippen molar-refractivity contribution in [2.75, 3.05) is 43.4 Å². The predicted molar refractivity (Wildman–Crippen MR) is 91.6 cm³/mol. The van der Waals surface area contributed by atoms with Gasteiger partial charge in [0, 0.05) is 44.0 Å². The zero-order valence-electron chi connectivity index (χ0n) is 14.0. The Morgan fingerprint density at radius 1 is 1.00 bits per heavy atom. The third-order valence-corrected chi connectivity index (χ3v) is 4.84. The molecule has 1 aliphatic carbocycles. The van der Waals surface area contributed by atoms with Gasteiger partial charge in [0.05, 0.1) is 0 Å². The molecule has 122 valence electrons. The van der Waals surface area contributed by atoms with Crippen LogP contribution in [0.25, 0.3) is 0 Å². The number of piperazine rings is 1. The second-order valence-electron chi connectivity index (χ2n) is 6.82. The Morgan fingerprint density at radius 3 is 2.36 bits per heavy atom. The van der Waals surface area contributed by atoms with Crippen LogP contribution in [0, 0.1) is 6.92 Å². The van der Waals surface area contributed by atoms with E-state index >= 15 is 0 Å². The van der Waals surface area contributed by atoms with Gasteiger partial charge in [-0.05, 0) is 26.8 Å². The van der Waals surface area contributed by atoms with Gasteiger partial charge in [-0.15, -0.1) is 0 Å². The molecule has 1 saturated carbocycles. The highest BCUT2D eigenvalue weighted by Crippen LogP contribution is 2.22. The third-order valence-electron chi connectivity index (χ3n) is 4.84. The predicted octanol–water partition coefficient (Wildman–Crippen LogP) is 2.67.